The van der Waals surface area contributed by atoms with Gasteiger partial charge in [-0.15, -0.1) is 0 Å². The lowest BCUT2D eigenvalue weighted by Crippen LogP contribution is -2.00. The number of benzene rings is 1. The van der Waals surface area contributed by atoms with Crippen LogP contribution in [-0.4, -0.2) is 9.97 Å². The third kappa shape index (κ3) is 2.34. The molecule has 6 N–H and O–H groups in total. The van der Waals surface area contributed by atoms with E-state index >= 15 is 0 Å². The molecular formula is C10H11N5S. The average molecular weight is 233 g/mol. The summed E-state index contributed by atoms with van der Waals surface area (Å²) < 4.78 is 0. The fourth-order valence-corrected chi connectivity index (χ4v) is 1.92. The van der Waals surface area contributed by atoms with Gasteiger partial charge in [0.1, 0.15) is 5.82 Å². The highest BCUT2D eigenvalue weighted by Crippen LogP contribution is 2.30. The molecule has 6 heteroatoms. The highest BCUT2D eigenvalue weighted by Gasteiger charge is 2.04. The number of rotatable bonds is 2. The predicted molar refractivity (Wildman–Crippen MR) is 65.8 cm³/mol. The van der Waals surface area contributed by atoms with Gasteiger partial charge in [-0.2, -0.15) is 4.98 Å². The summed E-state index contributed by atoms with van der Waals surface area (Å²) in [5.41, 5.74) is 17.5. The molecule has 0 radical (unpaired) electrons. The SMILES string of the molecule is Nc1ccc(Sc2cnc(N)nc2N)cc1. The third-order valence-electron chi connectivity index (χ3n) is 1.91. The normalized spacial score (nSPS) is 10.2. The zero-order valence-corrected chi connectivity index (χ0v) is 9.24. The summed E-state index contributed by atoms with van der Waals surface area (Å²) in [4.78, 5) is 9.58. The Bertz CT molecular complexity index is 497. The van der Waals surface area contributed by atoms with E-state index in [1.807, 2.05) is 24.3 Å². The molecular weight excluding hydrogens is 222 g/mol. The molecule has 0 fully saturated rings. The van der Waals surface area contributed by atoms with Gasteiger partial charge in [0, 0.05) is 16.8 Å². The van der Waals surface area contributed by atoms with E-state index in [9.17, 15) is 0 Å². The van der Waals surface area contributed by atoms with Crippen molar-refractivity contribution in [2.75, 3.05) is 17.2 Å². The molecule has 1 aromatic carbocycles. The van der Waals surface area contributed by atoms with E-state index in [2.05, 4.69) is 9.97 Å². The van der Waals surface area contributed by atoms with E-state index in [0.717, 1.165) is 15.5 Å². The van der Waals surface area contributed by atoms with Gasteiger partial charge in [-0.05, 0) is 24.3 Å². The van der Waals surface area contributed by atoms with E-state index < -0.39 is 0 Å². The molecule has 2 rings (SSSR count). The van der Waals surface area contributed by atoms with Crippen molar-refractivity contribution in [3.05, 3.63) is 30.5 Å². The smallest absolute Gasteiger partial charge is 0.221 e. The second-order valence-electron chi connectivity index (χ2n) is 3.15. The Morgan fingerprint density at radius 1 is 1.00 bits per heavy atom. The quantitative estimate of drug-likeness (QED) is 0.677. The van der Waals surface area contributed by atoms with Gasteiger partial charge < -0.3 is 17.2 Å². The second kappa shape index (κ2) is 4.28. The summed E-state index contributed by atoms with van der Waals surface area (Å²) in [6.07, 6.45) is 1.61. The summed E-state index contributed by atoms with van der Waals surface area (Å²) in [5, 5.41) is 0. The molecule has 0 saturated heterocycles. The fraction of sp³-hybridized carbons (Fsp3) is 0. The number of anilines is 3. The minimum Gasteiger partial charge on any atom is -0.399 e. The monoisotopic (exact) mass is 233 g/mol. The van der Waals surface area contributed by atoms with E-state index in [0.29, 0.717) is 5.82 Å². The van der Waals surface area contributed by atoms with Crippen LogP contribution >= 0.6 is 11.8 Å². The lowest BCUT2D eigenvalue weighted by Gasteiger charge is -2.04. The molecule has 5 nitrogen and oxygen atoms in total. The second-order valence-corrected chi connectivity index (χ2v) is 4.26. The Hall–Kier alpha value is -1.95. The molecule has 0 bridgehead atoms. The van der Waals surface area contributed by atoms with Gasteiger partial charge in [0.2, 0.25) is 5.95 Å². The van der Waals surface area contributed by atoms with Gasteiger partial charge in [-0.1, -0.05) is 11.8 Å². The first-order valence-corrected chi connectivity index (χ1v) is 5.38. The van der Waals surface area contributed by atoms with Crippen LogP contribution in [0.15, 0.2) is 40.3 Å². The molecule has 1 aromatic heterocycles. The molecule has 0 aliphatic rings. The van der Waals surface area contributed by atoms with Crippen molar-refractivity contribution in [1.29, 1.82) is 0 Å². The number of nitrogens with two attached hydrogens (primary N) is 3. The zero-order chi connectivity index (χ0) is 11.5. The van der Waals surface area contributed by atoms with Crippen molar-refractivity contribution >= 4 is 29.2 Å². The first kappa shape index (κ1) is 10.6. The standard InChI is InChI=1S/C10H11N5S/c11-6-1-3-7(4-2-6)16-8-5-14-10(13)15-9(8)12/h1-5H,11H2,(H4,12,13,14,15). The maximum Gasteiger partial charge on any atom is 0.221 e. The minimum absolute atomic E-state index is 0.180. The molecule has 0 amide bonds. The van der Waals surface area contributed by atoms with Crippen LogP contribution in [0.4, 0.5) is 17.5 Å². The van der Waals surface area contributed by atoms with Crippen molar-refractivity contribution in [2.45, 2.75) is 9.79 Å². The molecule has 2 aromatic rings. The minimum atomic E-state index is 0.180. The Kier molecular flexibility index (Phi) is 2.82. The maximum atomic E-state index is 5.72. The third-order valence-corrected chi connectivity index (χ3v) is 2.95. The number of hydrogen-bond donors (Lipinski definition) is 3. The summed E-state index contributed by atoms with van der Waals surface area (Å²) in [7, 11) is 0. The summed E-state index contributed by atoms with van der Waals surface area (Å²) in [6, 6.07) is 7.49. The first-order valence-electron chi connectivity index (χ1n) is 4.56. The number of aromatic nitrogens is 2. The van der Waals surface area contributed by atoms with Crippen LogP contribution < -0.4 is 17.2 Å². The van der Waals surface area contributed by atoms with Gasteiger partial charge in [-0.25, -0.2) is 4.98 Å². The van der Waals surface area contributed by atoms with Gasteiger partial charge in [0.25, 0.3) is 0 Å². The molecule has 0 saturated carbocycles. The van der Waals surface area contributed by atoms with E-state index in [-0.39, 0.29) is 5.95 Å². The Morgan fingerprint density at radius 2 is 1.69 bits per heavy atom. The molecule has 0 unspecified atom stereocenters. The van der Waals surface area contributed by atoms with Gasteiger partial charge in [-0.3, -0.25) is 0 Å². The van der Waals surface area contributed by atoms with Crippen LogP contribution in [0.5, 0.6) is 0 Å². The largest absolute Gasteiger partial charge is 0.399 e. The van der Waals surface area contributed by atoms with Crippen LogP contribution in [0, 0.1) is 0 Å². The molecule has 0 aliphatic heterocycles. The van der Waals surface area contributed by atoms with Gasteiger partial charge in [0.05, 0.1) is 4.90 Å². The number of nitrogen functional groups attached to an aromatic ring is 3. The molecule has 0 aliphatic carbocycles. The topological polar surface area (TPSA) is 104 Å². The lowest BCUT2D eigenvalue weighted by molar-refractivity contribution is 1.13. The van der Waals surface area contributed by atoms with Crippen molar-refractivity contribution in [3.8, 4) is 0 Å². The van der Waals surface area contributed by atoms with Crippen molar-refractivity contribution in [2.24, 2.45) is 0 Å². The highest BCUT2D eigenvalue weighted by atomic mass is 32.2. The molecule has 82 valence electrons. The predicted octanol–water partition coefficient (Wildman–Crippen LogP) is 1.37. The van der Waals surface area contributed by atoms with E-state index in [1.165, 1.54) is 11.8 Å². The van der Waals surface area contributed by atoms with E-state index in [4.69, 9.17) is 17.2 Å². The molecule has 1 heterocycles. The maximum absolute atomic E-state index is 5.72. The van der Waals surface area contributed by atoms with Crippen molar-refractivity contribution < 1.29 is 0 Å². The lowest BCUT2D eigenvalue weighted by atomic mass is 10.3. The van der Waals surface area contributed by atoms with Crippen LogP contribution in [-0.2, 0) is 0 Å². The van der Waals surface area contributed by atoms with Crippen LogP contribution in [0.2, 0.25) is 0 Å². The summed E-state index contributed by atoms with van der Waals surface area (Å²) >= 11 is 1.47. The molecule has 0 spiro atoms. The summed E-state index contributed by atoms with van der Waals surface area (Å²) in [6.45, 7) is 0. The van der Waals surface area contributed by atoms with Gasteiger partial charge >= 0.3 is 0 Å². The van der Waals surface area contributed by atoms with Crippen LogP contribution in [0.25, 0.3) is 0 Å². The van der Waals surface area contributed by atoms with E-state index in [1.54, 1.807) is 6.20 Å². The Labute approximate surface area is 97.1 Å². The van der Waals surface area contributed by atoms with Gasteiger partial charge in [0.15, 0.2) is 0 Å². The molecule has 0 atom stereocenters. The molecule has 16 heavy (non-hydrogen) atoms. The fourth-order valence-electron chi connectivity index (χ4n) is 1.14. The highest BCUT2D eigenvalue weighted by molar-refractivity contribution is 7.99. The zero-order valence-electron chi connectivity index (χ0n) is 8.42. The van der Waals surface area contributed by atoms with Crippen LogP contribution in [0.1, 0.15) is 0 Å². The number of hydrogen-bond acceptors (Lipinski definition) is 6. The van der Waals surface area contributed by atoms with Crippen molar-refractivity contribution in [1.82, 2.24) is 9.97 Å². The van der Waals surface area contributed by atoms with Crippen molar-refractivity contribution in [3.63, 3.8) is 0 Å². The first-order chi connectivity index (χ1) is 7.65. The average Bonchev–Trinajstić information content (AvgIpc) is 2.25. The van der Waals surface area contributed by atoms with Crippen LogP contribution in [0.3, 0.4) is 0 Å². The number of nitrogens with zero attached hydrogens (tertiary/aromatic N) is 2. The Morgan fingerprint density at radius 3 is 2.31 bits per heavy atom. The Balaban J connectivity index is 2.23. The summed E-state index contributed by atoms with van der Waals surface area (Å²) in [5.74, 6) is 0.563.